The molecule has 4 aromatic rings. The number of carbonyl (C=O) groups is 1. The molecular weight excluding hydrogens is 436 g/mol. The number of aliphatic hydroxyl groups is 1. The quantitative estimate of drug-likeness (QED) is 0.308. The number of fused-ring (bicyclic) bond motifs is 5. The van der Waals surface area contributed by atoms with E-state index in [1.54, 1.807) is 0 Å². The van der Waals surface area contributed by atoms with Crippen molar-refractivity contribution in [3.8, 4) is 11.1 Å². The van der Waals surface area contributed by atoms with E-state index in [2.05, 4.69) is 60.1 Å². The second kappa shape index (κ2) is 10.6. The van der Waals surface area contributed by atoms with E-state index in [0.717, 1.165) is 39.4 Å². The van der Waals surface area contributed by atoms with Crippen molar-refractivity contribution in [2.75, 3.05) is 6.61 Å². The average Bonchev–Trinajstić information content (AvgIpc) is 3.41. The second-order valence-corrected chi connectivity index (χ2v) is 8.65. The van der Waals surface area contributed by atoms with Crippen molar-refractivity contribution in [3.63, 3.8) is 0 Å². The number of ether oxygens (including phenoxy) is 1. The van der Waals surface area contributed by atoms with Gasteiger partial charge in [-0.05, 0) is 54.2 Å². The van der Waals surface area contributed by atoms with Gasteiger partial charge in [0, 0.05) is 42.4 Å². The van der Waals surface area contributed by atoms with Crippen LogP contribution in [0.4, 0.5) is 0 Å². The summed E-state index contributed by atoms with van der Waals surface area (Å²) in [6.07, 6.45) is 0.504. The van der Waals surface area contributed by atoms with Crippen LogP contribution in [0.5, 0.6) is 0 Å². The predicted octanol–water partition coefficient (Wildman–Crippen LogP) is 6.35. The number of hydrogen-bond donors (Lipinski definition) is 2. The second-order valence-electron chi connectivity index (χ2n) is 8.65. The normalized spacial score (nSPS) is 13.5. The molecule has 5 rings (SSSR count). The van der Waals surface area contributed by atoms with E-state index in [4.69, 9.17) is 4.74 Å². The average molecular weight is 473 g/mol. The highest BCUT2D eigenvalue weighted by atomic mass is 16.6. The van der Waals surface area contributed by atoms with Crippen LogP contribution in [0.15, 0.2) is 48.5 Å². The summed E-state index contributed by atoms with van der Waals surface area (Å²) in [6, 6.07) is 16.7. The highest BCUT2D eigenvalue weighted by molar-refractivity contribution is 6.22. The molecule has 1 aliphatic heterocycles. The fourth-order valence-electron chi connectivity index (χ4n) is 5.40. The summed E-state index contributed by atoms with van der Waals surface area (Å²) >= 11 is 0. The Hall–Kier alpha value is -3.15. The predicted molar refractivity (Wildman–Crippen MR) is 144 cm³/mol. The third-order valence-electron chi connectivity index (χ3n) is 6.79. The molecule has 0 spiro atoms. The van der Waals surface area contributed by atoms with Gasteiger partial charge in [-0.25, -0.2) is 0 Å². The third kappa shape index (κ3) is 4.24. The Bertz CT molecular complexity index is 1370. The number of nitrogens with zero attached hydrogens (tertiary/aromatic N) is 1. The zero-order valence-corrected chi connectivity index (χ0v) is 21.4. The van der Waals surface area contributed by atoms with Gasteiger partial charge in [0.2, 0.25) is 0 Å². The van der Waals surface area contributed by atoms with Crippen LogP contribution in [0.2, 0.25) is 0 Å². The molecule has 5 nitrogen and oxygen atoms in total. The molecule has 1 amide bonds. The van der Waals surface area contributed by atoms with Crippen LogP contribution in [-0.4, -0.2) is 28.5 Å². The van der Waals surface area contributed by atoms with Crippen molar-refractivity contribution in [2.24, 2.45) is 0 Å². The molecule has 0 saturated carbocycles. The van der Waals surface area contributed by atoms with Gasteiger partial charge in [-0.15, -0.1) is 0 Å². The molecule has 3 aromatic carbocycles. The summed E-state index contributed by atoms with van der Waals surface area (Å²) in [6.45, 7) is 11.8. The number of para-hydroxylation sites is 1. The van der Waals surface area contributed by atoms with E-state index in [9.17, 15) is 9.90 Å². The van der Waals surface area contributed by atoms with Gasteiger partial charge in [0.15, 0.2) is 6.29 Å². The van der Waals surface area contributed by atoms with Crippen molar-refractivity contribution in [1.82, 2.24) is 9.88 Å². The van der Waals surface area contributed by atoms with Gasteiger partial charge in [-0.3, -0.25) is 4.79 Å². The molecule has 1 aliphatic rings. The van der Waals surface area contributed by atoms with Gasteiger partial charge < -0.3 is 19.7 Å². The van der Waals surface area contributed by atoms with Gasteiger partial charge in [-0.2, -0.15) is 0 Å². The van der Waals surface area contributed by atoms with Crippen molar-refractivity contribution in [3.05, 3.63) is 70.8 Å². The summed E-state index contributed by atoms with van der Waals surface area (Å²) < 4.78 is 7.68. The number of rotatable bonds is 7. The van der Waals surface area contributed by atoms with Gasteiger partial charge in [-0.1, -0.05) is 63.2 Å². The molecule has 0 saturated heterocycles. The first kappa shape index (κ1) is 25.0. The van der Waals surface area contributed by atoms with Gasteiger partial charge in [0.25, 0.3) is 5.91 Å². The Morgan fingerprint density at radius 2 is 1.77 bits per heavy atom. The molecule has 0 fully saturated rings. The van der Waals surface area contributed by atoms with E-state index in [1.807, 2.05) is 32.9 Å². The molecule has 1 atom stereocenters. The Balaban J connectivity index is 0.00000141. The monoisotopic (exact) mass is 472 g/mol. The van der Waals surface area contributed by atoms with E-state index in [1.165, 1.54) is 22.3 Å². The van der Waals surface area contributed by atoms with E-state index in [0.29, 0.717) is 26.1 Å². The van der Waals surface area contributed by atoms with Crippen LogP contribution in [0, 0.1) is 6.92 Å². The number of nitrogens with one attached hydrogen (secondary N) is 1. The third-order valence-corrected chi connectivity index (χ3v) is 6.79. The largest absolute Gasteiger partial charge is 0.368 e. The lowest BCUT2D eigenvalue weighted by Gasteiger charge is -2.20. The molecule has 5 heteroatoms. The number of hydrogen-bond acceptors (Lipinski definition) is 3. The topological polar surface area (TPSA) is 63.5 Å². The molecule has 1 unspecified atom stereocenters. The maximum Gasteiger partial charge on any atom is 0.252 e. The van der Waals surface area contributed by atoms with Crippen molar-refractivity contribution < 1.29 is 14.6 Å². The Morgan fingerprint density at radius 3 is 2.49 bits per heavy atom. The molecule has 184 valence electrons. The van der Waals surface area contributed by atoms with E-state index < -0.39 is 6.29 Å². The lowest BCUT2D eigenvalue weighted by molar-refractivity contribution is -0.1000. The minimum Gasteiger partial charge on any atom is -0.368 e. The number of benzene rings is 3. The van der Waals surface area contributed by atoms with Crippen LogP contribution in [-0.2, 0) is 24.2 Å². The molecule has 0 bridgehead atoms. The molecule has 2 heterocycles. The molecule has 1 aromatic heterocycles. The van der Waals surface area contributed by atoms with Crippen LogP contribution >= 0.6 is 0 Å². The maximum absolute atomic E-state index is 13.2. The van der Waals surface area contributed by atoms with Crippen molar-refractivity contribution >= 4 is 27.7 Å². The summed E-state index contributed by atoms with van der Waals surface area (Å²) in [5, 5.41) is 15.5. The maximum atomic E-state index is 13.2. The number of aliphatic hydroxyl groups excluding tert-OH is 1. The molecule has 0 aliphatic carbocycles. The Kier molecular flexibility index (Phi) is 7.58. The van der Waals surface area contributed by atoms with Gasteiger partial charge in [0.05, 0.1) is 11.1 Å². The molecule has 2 N–H and O–H groups in total. The standard InChI is InChI=1S/C28H30N2O3.C2H6/c1-4-18-24(19-11-7-6-10-17(19)3)21-16-29-28(32)26(21)25-20-12-8-9-13-22(20)30(27(18)25)15-14-23(31)33-5-2;1-2/h6-13,23,31H,4-5,14-16H2,1-3H3,(H,29,32);1-2H3. The highest BCUT2D eigenvalue weighted by Crippen LogP contribution is 2.44. The minimum atomic E-state index is -0.815. The SMILES string of the molecule is CC.CCOC(O)CCn1c2ccccc2c2c3c(c(-c4ccccc4C)c(CC)c21)CNC3=O. The first-order valence-corrected chi connectivity index (χ1v) is 12.8. The lowest BCUT2D eigenvalue weighted by atomic mass is 9.86. The number of aromatic nitrogens is 1. The Labute approximate surface area is 207 Å². The van der Waals surface area contributed by atoms with E-state index in [-0.39, 0.29) is 5.91 Å². The smallest absolute Gasteiger partial charge is 0.252 e. The van der Waals surface area contributed by atoms with Crippen molar-refractivity contribution in [1.29, 1.82) is 0 Å². The first-order chi connectivity index (χ1) is 17.1. The fraction of sp³-hybridized carbons (Fsp3) is 0.367. The summed E-state index contributed by atoms with van der Waals surface area (Å²) in [4.78, 5) is 13.2. The van der Waals surface area contributed by atoms with Gasteiger partial charge in [0.1, 0.15) is 0 Å². The summed E-state index contributed by atoms with van der Waals surface area (Å²) in [5.41, 5.74) is 8.85. The number of carbonyl (C=O) groups excluding carboxylic acids is 1. The van der Waals surface area contributed by atoms with Gasteiger partial charge >= 0.3 is 0 Å². The van der Waals surface area contributed by atoms with E-state index >= 15 is 0 Å². The minimum absolute atomic E-state index is 0.00950. The first-order valence-electron chi connectivity index (χ1n) is 12.8. The summed E-state index contributed by atoms with van der Waals surface area (Å²) in [7, 11) is 0. The zero-order chi connectivity index (χ0) is 25.1. The van der Waals surface area contributed by atoms with Crippen LogP contribution in [0.1, 0.15) is 61.2 Å². The fourth-order valence-corrected chi connectivity index (χ4v) is 5.40. The summed E-state index contributed by atoms with van der Waals surface area (Å²) in [5.74, 6) is -0.00950. The number of aryl methyl sites for hydroxylation is 3. The molecule has 0 radical (unpaired) electrons. The van der Waals surface area contributed by atoms with Crippen LogP contribution in [0.25, 0.3) is 32.9 Å². The highest BCUT2D eigenvalue weighted by Gasteiger charge is 2.31. The zero-order valence-electron chi connectivity index (χ0n) is 21.4. The van der Waals surface area contributed by atoms with Crippen molar-refractivity contribution in [2.45, 2.75) is 66.8 Å². The van der Waals surface area contributed by atoms with Crippen LogP contribution < -0.4 is 5.32 Å². The van der Waals surface area contributed by atoms with Crippen LogP contribution in [0.3, 0.4) is 0 Å². The molecule has 35 heavy (non-hydrogen) atoms. The number of amides is 1. The lowest BCUT2D eigenvalue weighted by Crippen LogP contribution is -2.15. The molecular formula is C30H36N2O3. The Morgan fingerprint density at radius 1 is 1.06 bits per heavy atom.